The normalized spacial score (nSPS) is 15.5. The molecule has 0 spiro atoms. The lowest BCUT2D eigenvalue weighted by atomic mass is 10.0. The standard InChI is InChI=1S/C15H20FN3O3/c1-2-9-18(11-5-7-17-8-6-11)15(20)13-4-3-12(19(21)22)10-14(13)16/h3-4,10-11,17H,2,5-9H2,1H3. The highest BCUT2D eigenvalue weighted by Gasteiger charge is 2.27. The lowest BCUT2D eigenvalue weighted by Crippen LogP contribution is -2.46. The van der Waals surface area contributed by atoms with Crippen LogP contribution in [-0.2, 0) is 0 Å². The van der Waals surface area contributed by atoms with Crippen LogP contribution in [-0.4, -0.2) is 41.4 Å². The van der Waals surface area contributed by atoms with E-state index in [9.17, 15) is 19.3 Å². The van der Waals surface area contributed by atoms with Crippen LogP contribution in [0.15, 0.2) is 18.2 Å². The number of nitro groups is 1. The second-order valence-electron chi connectivity index (χ2n) is 5.40. The minimum Gasteiger partial charge on any atom is -0.335 e. The minimum atomic E-state index is -0.839. The summed E-state index contributed by atoms with van der Waals surface area (Å²) in [6, 6.07) is 3.27. The highest BCUT2D eigenvalue weighted by Crippen LogP contribution is 2.21. The predicted molar refractivity (Wildman–Crippen MR) is 80.3 cm³/mol. The van der Waals surface area contributed by atoms with E-state index in [1.54, 1.807) is 4.90 Å². The second kappa shape index (κ2) is 7.31. The van der Waals surface area contributed by atoms with Gasteiger partial charge in [0, 0.05) is 18.7 Å². The van der Waals surface area contributed by atoms with Gasteiger partial charge in [0.05, 0.1) is 16.6 Å². The Morgan fingerprint density at radius 3 is 2.68 bits per heavy atom. The zero-order valence-corrected chi connectivity index (χ0v) is 12.5. The van der Waals surface area contributed by atoms with Crippen molar-refractivity contribution in [1.82, 2.24) is 10.2 Å². The number of hydrogen-bond acceptors (Lipinski definition) is 4. The zero-order chi connectivity index (χ0) is 16.1. The average Bonchev–Trinajstić information content (AvgIpc) is 2.52. The van der Waals surface area contributed by atoms with Gasteiger partial charge < -0.3 is 10.2 Å². The van der Waals surface area contributed by atoms with Crippen LogP contribution in [0.25, 0.3) is 0 Å². The molecule has 1 aliphatic heterocycles. The smallest absolute Gasteiger partial charge is 0.272 e. The van der Waals surface area contributed by atoms with Gasteiger partial charge in [0.25, 0.3) is 11.6 Å². The molecule has 1 N–H and O–H groups in total. The van der Waals surface area contributed by atoms with E-state index >= 15 is 0 Å². The maximum Gasteiger partial charge on any atom is 0.272 e. The molecule has 0 aromatic heterocycles. The van der Waals surface area contributed by atoms with E-state index in [1.807, 2.05) is 6.92 Å². The van der Waals surface area contributed by atoms with Gasteiger partial charge in [-0.1, -0.05) is 6.92 Å². The van der Waals surface area contributed by atoms with Gasteiger partial charge in [0.2, 0.25) is 0 Å². The zero-order valence-electron chi connectivity index (χ0n) is 12.5. The summed E-state index contributed by atoms with van der Waals surface area (Å²) in [5.74, 6) is -1.23. The fourth-order valence-corrected chi connectivity index (χ4v) is 2.75. The van der Waals surface area contributed by atoms with E-state index < -0.39 is 10.7 Å². The van der Waals surface area contributed by atoms with Crippen molar-refractivity contribution in [3.63, 3.8) is 0 Å². The van der Waals surface area contributed by atoms with Crippen molar-refractivity contribution >= 4 is 11.6 Å². The molecule has 0 atom stereocenters. The number of hydrogen-bond donors (Lipinski definition) is 1. The molecule has 0 saturated carbocycles. The third-order valence-electron chi connectivity index (χ3n) is 3.87. The number of halogens is 1. The molecule has 1 aromatic rings. The van der Waals surface area contributed by atoms with E-state index in [-0.39, 0.29) is 23.2 Å². The van der Waals surface area contributed by atoms with Gasteiger partial charge in [0.15, 0.2) is 0 Å². The summed E-state index contributed by atoms with van der Waals surface area (Å²) in [6.07, 6.45) is 2.45. The molecule has 0 unspecified atom stereocenters. The first-order valence-electron chi connectivity index (χ1n) is 7.50. The SMILES string of the molecule is CCCN(C(=O)c1ccc([N+](=O)[O-])cc1F)C1CCNCC1. The summed E-state index contributed by atoms with van der Waals surface area (Å²) in [5.41, 5.74) is -0.449. The quantitative estimate of drug-likeness (QED) is 0.669. The van der Waals surface area contributed by atoms with Gasteiger partial charge in [-0.25, -0.2) is 4.39 Å². The first kappa shape index (κ1) is 16.4. The highest BCUT2D eigenvalue weighted by molar-refractivity contribution is 5.95. The molecule has 1 amide bonds. The molecule has 1 aliphatic rings. The van der Waals surface area contributed by atoms with Crippen molar-refractivity contribution in [1.29, 1.82) is 0 Å². The van der Waals surface area contributed by atoms with Gasteiger partial charge in [-0.3, -0.25) is 14.9 Å². The molecular formula is C15H20FN3O3. The summed E-state index contributed by atoms with van der Waals surface area (Å²) in [6.45, 7) is 4.19. The third kappa shape index (κ3) is 3.59. The van der Waals surface area contributed by atoms with Gasteiger partial charge in [0.1, 0.15) is 5.82 Å². The Kier molecular flexibility index (Phi) is 5.43. The largest absolute Gasteiger partial charge is 0.335 e. The van der Waals surface area contributed by atoms with Crippen LogP contribution in [0.5, 0.6) is 0 Å². The van der Waals surface area contributed by atoms with Gasteiger partial charge in [-0.2, -0.15) is 0 Å². The Balaban J connectivity index is 2.24. The molecule has 2 rings (SSSR count). The topological polar surface area (TPSA) is 75.5 Å². The first-order chi connectivity index (χ1) is 10.5. The predicted octanol–water partition coefficient (Wildman–Crippen LogP) is 2.34. The number of non-ortho nitro benzene ring substituents is 1. The van der Waals surface area contributed by atoms with Crippen LogP contribution in [0, 0.1) is 15.9 Å². The first-order valence-corrected chi connectivity index (χ1v) is 7.50. The number of amides is 1. The molecule has 1 fully saturated rings. The Morgan fingerprint density at radius 1 is 1.45 bits per heavy atom. The maximum atomic E-state index is 14.1. The summed E-state index contributed by atoms with van der Waals surface area (Å²) in [7, 11) is 0. The molecule has 120 valence electrons. The van der Waals surface area contributed by atoms with Crippen molar-refractivity contribution in [2.24, 2.45) is 0 Å². The average molecular weight is 309 g/mol. The van der Waals surface area contributed by atoms with Crippen LogP contribution < -0.4 is 5.32 Å². The van der Waals surface area contributed by atoms with Crippen LogP contribution >= 0.6 is 0 Å². The minimum absolute atomic E-state index is 0.0864. The summed E-state index contributed by atoms with van der Waals surface area (Å²) >= 11 is 0. The maximum absolute atomic E-state index is 14.1. The molecule has 1 saturated heterocycles. The van der Waals surface area contributed by atoms with Crippen LogP contribution in [0.4, 0.5) is 10.1 Å². The van der Waals surface area contributed by atoms with Crippen molar-refractivity contribution < 1.29 is 14.1 Å². The number of benzene rings is 1. The monoisotopic (exact) mass is 309 g/mol. The number of piperidine rings is 1. The molecule has 7 heteroatoms. The van der Waals surface area contributed by atoms with Crippen LogP contribution in [0.3, 0.4) is 0 Å². The number of nitrogens with one attached hydrogen (secondary N) is 1. The van der Waals surface area contributed by atoms with Crippen molar-refractivity contribution in [2.45, 2.75) is 32.2 Å². The molecule has 6 nitrogen and oxygen atoms in total. The summed E-state index contributed by atoms with van der Waals surface area (Å²) in [5, 5.41) is 13.9. The van der Waals surface area contributed by atoms with Crippen LogP contribution in [0.2, 0.25) is 0 Å². The van der Waals surface area contributed by atoms with Gasteiger partial charge >= 0.3 is 0 Å². The van der Waals surface area contributed by atoms with Gasteiger partial charge in [-0.05, 0) is 38.4 Å². The number of carbonyl (C=O) groups excluding carboxylic acids is 1. The van der Waals surface area contributed by atoms with E-state index in [0.717, 1.165) is 38.4 Å². The summed E-state index contributed by atoms with van der Waals surface area (Å²) < 4.78 is 14.1. The number of carbonyl (C=O) groups is 1. The number of nitrogens with zero attached hydrogens (tertiary/aromatic N) is 2. The fourth-order valence-electron chi connectivity index (χ4n) is 2.75. The Hall–Kier alpha value is -2.02. The number of nitro benzene ring substituents is 1. The van der Waals surface area contributed by atoms with Crippen molar-refractivity contribution in [3.05, 3.63) is 39.7 Å². The fraction of sp³-hybridized carbons (Fsp3) is 0.533. The molecule has 0 radical (unpaired) electrons. The highest BCUT2D eigenvalue weighted by atomic mass is 19.1. The Morgan fingerprint density at radius 2 is 2.14 bits per heavy atom. The van der Waals surface area contributed by atoms with Crippen molar-refractivity contribution in [2.75, 3.05) is 19.6 Å². The second-order valence-corrected chi connectivity index (χ2v) is 5.40. The van der Waals surface area contributed by atoms with Crippen molar-refractivity contribution in [3.8, 4) is 0 Å². The third-order valence-corrected chi connectivity index (χ3v) is 3.87. The van der Waals surface area contributed by atoms with Crippen LogP contribution in [0.1, 0.15) is 36.5 Å². The lowest BCUT2D eigenvalue weighted by molar-refractivity contribution is -0.385. The summed E-state index contributed by atoms with van der Waals surface area (Å²) in [4.78, 5) is 24.3. The molecular weight excluding hydrogens is 289 g/mol. The Bertz CT molecular complexity index is 559. The van der Waals surface area contributed by atoms with E-state index in [0.29, 0.717) is 6.54 Å². The lowest BCUT2D eigenvalue weighted by Gasteiger charge is -2.34. The van der Waals surface area contributed by atoms with Gasteiger partial charge in [-0.15, -0.1) is 0 Å². The molecule has 1 heterocycles. The molecule has 0 aliphatic carbocycles. The molecule has 1 aromatic carbocycles. The van der Waals surface area contributed by atoms with E-state index in [1.165, 1.54) is 12.1 Å². The Labute approximate surface area is 128 Å². The van der Waals surface area contributed by atoms with E-state index in [2.05, 4.69) is 5.32 Å². The molecule has 0 bridgehead atoms. The molecule has 22 heavy (non-hydrogen) atoms. The van der Waals surface area contributed by atoms with E-state index in [4.69, 9.17) is 0 Å². The number of rotatable bonds is 5.